The first-order chi connectivity index (χ1) is 14.8. The molecule has 164 valence electrons. The molecule has 0 unspecified atom stereocenters. The number of aryl methyl sites for hydroxylation is 1. The number of rotatable bonds is 3. The summed E-state index contributed by atoms with van der Waals surface area (Å²) < 4.78 is 42.6. The van der Waals surface area contributed by atoms with Crippen molar-refractivity contribution in [3.63, 3.8) is 0 Å². The molecule has 1 N–H and O–H groups in total. The lowest BCUT2D eigenvalue weighted by molar-refractivity contribution is -0.136. The topological polar surface area (TPSA) is 72.2 Å². The van der Waals surface area contributed by atoms with E-state index >= 15 is 0 Å². The van der Waals surface area contributed by atoms with Gasteiger partial charge >= 0.3 is 17.9 Å². The first kappa shape index (κ1) is 21.0. The zero-order chi connectivity index (χ0) is 22.2. The third kappa shape index (κ3) is 4.14. The fourth-order valence-electron chi connectivity index (χ4n) is 4.01. The largest absolute Gasteiger partial charge is 0.418 e. The molecule has 3 aromatic rings. The Bertz CT molecular complexity index is 1160. The highest BCUT2D eigenvalue weighted by Gasteiger charge is 2.34. The molecule has 1 fully saturated rings. The molecule has 1 aliphatic heterocycles. The molecule has 0 radical (unpaired) electrons. The van der Waals surface area contributed by atoms with Crippen molar-refractivity contribution in [2.24, 2.45) is 13.0 Å². The van der Waals surface area contributed by atoms with Crippen molar-refractivity contribution >= 4 is 22.9 Å². The number of imidazole rings is 1. The van der Waals surface area contributed by atoms with Crippen molar-refractivity contribution in [3.8, 4) is 0 Å². The number of pyridine rings is 1. The van der Waals surface area contributed by atoms with Crippen molar-refractivity contribution in [1.82, 2.24) is 19.0 Å². The van der Waals surface area contributed by atoms with Crippen molar-refractivity contribution in [1.29, 1.82) is 0 Å². The molecule has 2 amide bonds. The summed E-state index contributed by atoms with van der Waals surface area (Å²) in [6.45, 7) is 1.29. The molecule has 1 saturated heterocycles. The van der Waals surface area contributed by atoms with Crippen LogP contribution in [-0.2, 0) is 19.8 Å². The van der Waals surface area contributed by atoms with Crippen LogP contribution < -0.4 is 11.0 Å². The molecule has 1 aromatic carbocycles. The summed E-state index contributed by atoms with van der Waals surface area (Å²) in [5.41, 5.74) is 0.112. The minimum Gasteiger partial charge on any atom is -0.325 e. The van der Waals surface area contributed by atoms with Gasteiger partial charge < -0.3 is 10.2 Å². The van der Waals surface area contributed by atoms with E-state index in [9.17, 15) is 22.8 Å². The summed E-state index contributed by atoms with van der Waals surface area (Å²) >= 11 is 0. The Morgan fingerprint density at radius 2 is 1.87 bits per heavy atom. The number of hydrogen-bond acceptors (Lipinski definition) is 3. The molecular weight excluding hydrogens is 411 g/mol. The average Bonchev–Trinajstić information content (AvgIpc) is 2.99. The SMILES string of the molecule is Cn1c(=O)n(CC2CCN(C(=O)Nc3ccccc3C(F)(F)F)CC2)c2ncccc21. The molecule has 0 atom stereocenters. The van der Waals surface area contributed by atoms with E-state index in [2.05, 4.69) is 10.3 Å². The smallest absolute Gasteiger partial charge is 0.325 e. The van der Waals surface area contributed by atoms with Gasteiger partial charge in [0.05, 0.1) is 16.8 Å². The number of piperidine rings is 1. The number of halogens is 3. The van der Waals surface area contributed by atoms with E-state index in [4.69, 9.17) is 0 Å². The lowest BCUT2D eigenvalue weighted by Crippen LogP contribution is -2.42. The maximum absolute atomic E-state index is 13.1. The van der Waals surface area contributed by atoms with Gasteiger partial charge in [-0.25, -0.2) is 14.6 Å². The van der Waals surface area contributed by atoms with Gasteiger partial charge in [-0.2, -0.15) is 13.2 Å². The number of alkyl halides is 3. The number of para-hydroxylation sites is 1. The van der Waals surface area contributed by atoms with Gasteiger partial charge in [0.15, 0.2) is 5.65 Å². The summed E-state index contributed by atoms with van der Waals surface area (Å²) in [6, 6.07) is 7.98. The molecule has 4 rings (SSSR count). The Morgan fingerprint density at radius 1 is 1.16 bits per heavy atom. The molecule has 0 aliphatic carbocycles. The Hall–Kier alpha value is -3.30. The number of nitrogens with zero attached hydrogens (tertiary/aromatic N) is 4. The highest BCUT2D eigenvalue weighted by Crippen LogP contribution is 2.34. The summed E-state index contributed by atoms with van der Waals surface area (Å²) in [6.07, 6.45) is -1.62. The van der Waals surface area contributed by atoms with Gasteiger partial charge in [-0.3, -0.25) is 9.13 Å². The Kier molecular flexibility index (Phi) is 5.47. The normalized spacial score (nSPS) is 15.4. The summed E-state index contributed by atoms with van der Waals surface area (Å²) in [5.74, 6) is 0.164. The van der Waals surface area contributed by atoms with Crippen molar-refractivity contribution in [3.05, 3.63) is 58.6 Å². The zero-order valence-corrected chi connectivity index (χ0v) is 16.9. The van der Waals surface area contributed by atoms with Gasteiger partial charge in [0.2, 0.25) is 0 Å². The minimum atomic E-state index is -4.55. The number of fused-ring (bicyclic) bond motifs is 1. The number of nitrogens with one attached hydrogen (secondary N) is 1. The molecule has 1 aliphatic rings. The van der Waals surface area contributed by atoms with E-state index in [0.717, 1.165) is 11.6 Å². The van der Waals surface area contributed by atoms with E-state index in [1.807, 2.05) is 6.07 Å². The van der Waals surface area contributed by atoms with Crippen LogP contribution in [0.3, 0.4) is 0 Å². The summed E-state index contributed by atoms with van der Waals surface area (Å²) in [5, 5.41) is 2.39. The van der Waals surface area contributed by atoms with Gasteiger partial charge in [0.1, 0.15) is 0 Å². The molecule has 0 spiro atoms. The van der Waals surface area contributed by atoms with Crippen LogP contribution in [0.4, 0.5) is 23.7 Å². The van der Waals surface area contributed by atoms with Gasteiger partial charge in [0, 0.05) is 32.9 Å². The standard InChI is InChI=1S/C21H22F3N5O2/c1-27-17-7-4-10-25-18(17)29(20(27)31)13-14-8-11-28(12-9-14)19(30)26-16-6-3-2-5-15(16)21(22,23)24/h2-7,10,14H,8-9,11-13H2,1H3,(H,26,30). The number of carbonyl (C=O) groups is 1. The first-order valence-corrected chi connectivity index (χ1v) is 9.98. The number of likely N-dealkylation sites (tertiary alicyclic amines) is 1. The number of urea groups is 1. The Labute approximate surface area is 176 Å². The molecular formula is C21H22F3N5O2. The highest BCUT2D eigenvalue weighted by molar-refractivity contribution is 5.90. The average molecular weight is 433 g/mol. The first-order valence-electron chi connectivity index (χ1n) is 9.98. The van der Waals surface area contributed by atoms with Crippen LogP contribution in [0, 0.1) is 5.92 Å². The minimum absolute atomic E-state index is 0.141. The molecule has 3 heterocycles. The number of amides is 2. The molecule has 10 heteroatoms. The molecule has 0 saturated carbocycles. The van der Waals surface area contributed by atoms with Gasteiger partial charge in [0.25, 0.3) is 0 Å². The number of anilines is 1. The van der Waals surface area contributed by atoms with Crippen LogP contribution in [0.5, 0.6) is 0 Å². The van der Waals surface area contributed by atoms with Crippen molar-refractivity contribution in [2.45, 2.75) is 25.6 Å². The maximum Gasteiger partial charge on any atom is 0.418 e. The zero-order valence-electron chi connectivity index (χ0n) is 16.9. The second-order valence-electron chi connectivity index (χ2n) is 7.70. The van der Waals surface area contributed by atoms with E-state index in [0.29, 0.717) is 38.1 Å². The fraction of sp³-hybridized carbons (Fsp3) is 0.381. The second-order valence-corrected chi connectivity index (χ2v) is 7.70. The van der Waals surface area contributed by atoms with E-state index in [1.54, 1.807) is 28.4 Å². The lowest BCUT2D eigenvalue weighted by Gasteiger charge is -2.32. The van der Waals surface area contributed by atoms with Crippen molar-refractivity contribution < 1.29 is 18.0 Å². The van der Waals surface area contributed by atoms with Crippen LogP contribution in [-0.4, -0.2) is 38.1 Å². The number of carbonyl (C=O) groups excluding carboxylic acids is 1. The monoisotopic (exact) mass is 433 g/mol. The van der Waals surface area contributed by atoms with Gasteiger partial charge in [-0.1, -0.05) is 12.1 Å². The second kappa shape index (κ2) is 8.09. The number of hydrogen-bond donors (Lipinski definition) is 1. The van der Waals surface area contributed by atoms with Crippen LogP contribution >= 0.6 is 0 Å². The third-order valence-corrected chi connectivity index (χ3v) is 5.72. The fourth-order valence-corrected chi connectivity index (χ4v) is 4.01. The molecule has 31 heavy (non-hydrogen) atoms. The van der Waals surface area contributed by atoms with Crippen LogP contribution in [0.1, 0.15) is 18.4 Å². The van der Waals surface area contributed by atoms with Crippen molar-refractivity contribution in [2.75, 3.05) is 18.4 Å². The highest BCUT2D eigenvalue weighted by atomic mass is 19.4. The molecule has 0 bridgehead atoms. The van der Waals surface area contributed by atoms with E-state index in [-0.39, 0.29) is 17.3 Å². The predicted molar refractivity (Wildman–Crippen MR) is 110 cm³/mol. The van der Waals surface area contributed by atoms with Gasteiger partial charge in [-0.15, -0.1) is 0 Å². The quantitative estimate of drug-likeness (QED) is 0.685. The maximum atomic E-state index is 13.1. The third-order valence-electron chi connectivity index (χ3n) is 5.72. The van der Waals surface area contributed by atoms with E-state index in [1.165, 1.54) is 23.1 Å². The lowest BCUT2D eigenvalue weighted by atomic mass is 9.97. The Balaban J connectivity index is 1.41. The molecule has 2 aromatic heterocycles. The number of aromatic nitrogens is 3. The van der Waals surface area contributed by atoms with Crippen LogP contribution in [0.25, 0.3) is 11.2 Å². The Morgan fingerprint density at radius 3 is 2.58 bits per heavy atom. The summed E-state index contributed by atoms with van der Waals surface area (Å²) in [4.78, 5) is 30.9. The predicted octanol–water partition coefficient (Wildman–Crippen LogP) is 3.70. The summed E-state index contributed by atoms with van der Waals surface area (Å²) in [7, 11) is 1.70. The van der Waals surface area contributed by atoms with E-state index < -0.39 is 17.8 Å². The van der Waals surface area contributed by atoms with Gasteiger partial charge in [-0.05, 0) is 43.0 Å². The van der Waals surface area contributed by atoms with Crippen LogP contribution in [0.2, 0.25) is 0 Å². The number of benzene rings is 1. The van der Waals surface area contributed by atoms with Crippen LogP contribution in [0.15, 0.2) is 47.4 Å². The molecule has 7 nitrogen and oxygen atoms in total.